The molecule has 2 amide bonds. The molecular weight excluding hydrogens is 354 g/mol. The van der Waals surface area contributed by atoms with Gasteiger partial charge in [0.15, 0.2) is 9.84 Å². The zero-order chi connectivity index (χ0) is 19.5. The zero-order valence-electron chi connectivity index (χ0n) is 15.2. The Labute approximate surface area is 153 Å². The van der Waals surface area contributed by atoms with Crippen molar-refractivity contribution in [3.8, 4) is 23.7 Å². The summed E-state index contributed by atoms with van der Waals surface area (Å²) in [6.07, 6.45) is 2.68. The molecule has 0 radical (unpaired) electrons. The van der Waals surface area contributed by atoms with Crippen LogP contribution in [0.5, 0.6) is 0 Å². The van der Waals surface area contributed by atoms with Crippen molar-refractivity contribution in [3.05, 3.63) is 23.5 Å². The second-order valence-electron chi connectivity index (χ2n) is 6.25. The Kier molecular flexibility index (Phi) is 5.48. The molecule has 1 aromatic heterocycles. The third-order valence-corrected chi connectivity index (χ3v) is 6.53. The van der Waals surface area contributed by atoms with E-state index in [9.17, 15) is 18.0 Å². The highest BCUT2D eigenvalue weighted by molar-refractivity contribution is 7.92. The number of hydrogen-bond donors (Lipinski definition) is 1. The van der Waals surface area contributed by atoms with Gasteiger partial charge in [-0.15, -0.1) is 0 Å². The lowest BCUT2D eigenvalue weighted by Crippen LogP contribution is -2.50. The van der Waals surface area contributed by atoms with E-state index in [1.165, 1.54) is 23.4 Å². The summed E-state index contributed by atoms with van der Waals surface area (Å²) in [5.41, 5.74) is 1.46. The van der Waals surface area contributed by atoms with Gasteiger partial charge in [0, 0.05) is 37.3 Å². The molecule has 1 N–H and O–H groups in total. The third-order valence-electron chi connectivity index (χ3n) is 4.51. The average Bonchev–Trinajstić information content (AvgIpc) is 3.10. The van der Waals surface area contributed by atoms with Crippen molar-refractivity contribution in [2.24, 2.45) is 0 Å². The Morgan fingerprint density at radius 3 is 2.62 bits per heavy atom. The van der Waals surface area contributed by atoms with E-state index >= 15 is 0 Å². The van der Waals surface area contributed by atoms with E-state index in [0.29, 0.717) is 12.1 Å². The fraction of sp³-hybridized carbons (Fsp3) is 0.444. The van der Waals surface area contributed by atoms with Gasteiger partial charge >= 0.3 is 6.03 Å². The number of aromatic nitrogens is 1. The minimum absolute atomic E-state index is 0.0147. The molecule has 2 rings (SSSR count). The molecule has 2 heterocycles. The standard InChI is InChI=1S/C18H21N3O4S/c1-5-6-7-8-14-11-15-13-20(17(23)21(15)12-14)10-9-18(2,16(22)19-3)26(4,24)25/h11-12H,9-10,13H2,1-4H3,(H,19,22)/t18-/m1/s1. The van der Waals surface area contributed by atoms with Crippen LogP contribution in [0.3, 0.4) is 0 Å². The summed E-state index contributed by atoms with van der Waals surface area (Å²) in [4.78, 5) is 26.1. The van der Waals surface area contributed by atoms with Crippen LogP contribution in [0.1, 0.15) is 31.5 Å². The van der Waals surface area contributed by atoms with Gasteiger partial charge in [-0.1, -0.05) is 11.8 Å². The van der Waals surface area contributed by atoms with Crippen molar-refractivity contribution in [1.82, 2.24) is 14.8 Å². The lowest BCUT2D eigenvalue weighted by molar-refractivity contribution is -0.123. The van der Waals surface area contributed by atoms with Crippen LogP contribution in [-0.4, -0.2) is 54.4 Å². The van der Waals surface area contributed by atoms with Gasteiger partial charge in [0.05, 0.1) is 6.54 Å². The molecule has 0 bridgehead atoms. The number of hydrogen-bond acceptors (Lipinski definition) is 4. The largest absolute Gasteiger partial charge is 0.358 e. The Morgan fingerprint density at radius 1 is 1.38 bits per heavy atom. The SMILES string of the molecule is CC#CC#Cc1cc2n(c1)C(=O)N(CC[C@](C)(C(=O)NC)S(C)(=O)=O)C2. The molecule has 26 heavy (non-hydrogen) atoms. The van der Waals surface area contributed by atoms with Crippen molar-refractivity contribution in [2.45, 2.75) is 31.6 Å². The van der Waals surface area contributed by atoms with E-state index in [4.69, 9.17) is 0 Å². The van der Waals surface area contributed by atoms with Crippen LogP contribution in [0.15, 0.2) is 12.3 Å². The van der Waals surface area contributed by atoms with Crippen LogP contribution in [0.4, 0.5) is 4.79 Å². The van der Waals surface area contributed by atoms with Crippen molar-refractivity contribution in [2.75, 3.05) is 19.8 Å². The van der Waals surface area contributed by atoms with E-state index in [1.807, 2.05) is 0 Å². The molecule has 0 saturated heterocycles. The maximum absolute atomic E-state index is 12.5. The molecule has 0 aliphatic carbocycles. The number of carbonyl (C=O) groups is 2. The first-order valence-electron chi connectivity index (χ1n) is 7.99. The molecular formula is C18H21N3O4S. The first-order valence-corrected chi connectivity index (χ1v) is 9.88. The minimum atomic E-state index is -3.65. The van der Waals surface area contributed by atoms with Crippen molar-refractivity contribution in [3.63, 3.8) is 0 Å². The number of rotatable bonds is 5. The highest BCUT2D eigenvalue weighted by atomic mass is 32.2. The molecule has 7 nitrogen and oxygen atoms in total. The van der Waals surface area contributed by atoms with Gasteiger partial charge in [0.2, 0.25) is 5.91 Å². The number of amides is 2. The summed E-state index contributed by atoms with van der Waals surface area (Å²) in [5, 5.41) is 2.39. The molecule has 0 saturated carbocycles. The number of sulfone groups is 1. The van der Waals surface area contributed by atoms with E-state index in [1.54, 1.807) is 19.2 Å². The van der Waals surface area contributed by atoms with Crippen molar-refractivity contribution in [1.29, 1.82) is 0 Å². The Hall–Kier alpha value is -2.71. The molecule has 0 aromatic carbocycles. The number of fused-ring (bicyclic) bond motifs is 1. The molecule has 8 heteroatoms. The van der Waals surface area contributed by atoms with E-state index in [-0.39, 0.29) is 19.0 Å². The molecule has 0 fully saturated rings. The quantitative estimate of drug-likeness (QED) is 0.763. The summed E-state index contributed by atoms with van der Waals surface area (Å²) in [6, 6.07) is 1.54. The topological polar surface area (TPSA) is 88.5 Å². The van der Waals surface area contributed by atoms with Gasteiger partial charge in [-0.2, -0.15) is 0 Å². The monoisotopic (exact) mass is 375 g/mol. The Balaban J connectivity index is 2.13. The van der Waals surface area contributed by atoms with Crippen LogP contribution < -0.4 is 5.32 Å². The lowest BCUT2D eigenvalue weighted by atomic mass is 10.1. The van der Waals surface area contributed by atoms with Gasteiger partial charge in [0.25, 0.3) is 0 Å². The first kappa shape index (κ1) is 19.6. The number of carbonyl (C=O) groups excluding carboxylic acids is 2. The Morgan fingerprint density at radius 2 is 2.08 bits per heavy atom. The normalized spacial score (nSPS) is 15.2. The second kappa shape index (κ2) is 7.27. The van der Waals surface area contributed by atoms with Crippen LogP contribution >= 0.6 is 0 Å². The van der Waals surface area contributed by atoms with Gasteiger partial charge < -0.3 is 10.2 Å². The second-order valence-corrected chi connectivity index (χ2v) is 8.70. The van der Waals surface area contributed by atoms with Crippen LogP contribution in [0, 0.1) is 23.7 Å². The lowest BCUT2D eigenvalue weighted by Gasteiger charge is -2.27. The molecule has 0 spiro atoms. The van der Waals surface area contributed by atoms with Gasteiger partial charge in [0.1, 0.15) is 4.75 Å². The highest BCUT2D eigenvalue weighted by Gasteiger charge is 2.43. The highest BCUT2D eigenvalue weighted by Crippen LogP contribution is 2.25. The maximum Gasteiger partial charge on any atom is 0.328 e. The minimum Gasteiger partial charge on any atom is -0.358 e. The summed E-state index contributed by atoms with van der Waals surface area (Å²) >= 11 is 0. The third kappa shape index (κ3) is 3.61. The molecule has 1 aromatic rings. The van der Waals surface area contributed by atoms with E-state index in [0.717, 1.165) is 11.9 Å². The Bertz CT molecular complexity index is 970. The molecule has 1 aliphatic heterocycles. The predicted molar refractivity (Wildman–Crippen MR) is 97.9 cm³/mol. The van der Waals surface area contributed by atoms with Crippen molar-refractivity contribution < 1.29 is 18.0 Å². The fourth-order valence-electron chi connectivity index (χ4n) is 2.71. The molecule has 1 atom stereocenters. The molecule has 138 valence electrons. The average molecular weight is 375 g/mol. The molecule has 1 aliphatic rings. The van der Waals surface area contributed by atoms with Crippen LogP contribution in [-0.2, 0) is 21.2 Å². The molecule has 0 unspecified atom stereocenters. The van der Waals surface area contributed by atoms with E-state index in [2.05, 4.69) is 29.0 Å². The smallest absolute Gasteiger partial charge is 0.328 e. The number of nitrogens with one attached hydrogen (secondary N) is 1. The van der Waals surface area contributed by atoms with Crippen LogP contribution in [0.2, 0.25) is 0 Å². The van der Waals surface area contributed by atoms with Gasteiger partial charge in [-0.05, 0) is 38.2 Å². The predicted octanol–water partition coefficient (Wildman–Crippen LogP) is 0.586. The summed E-state index contributed by atoms with van der Waals surface area (Å²) in [5.74, 6) is 10.3. The summed E-state index contributed by atoms with van der Waals surface area (Å²) < 4.78 is 24.1. The van der Waals surface area contributed by atoms with Gasteiger partial charge in [-0.3, -0.25) is 9.36 Å². The van der Waals surface area contributed by atoms with E-state index < -0.39 is 20.5 Å². The maximum atomic E-state index is 12.5. The van der Waals surface area contributed by atoms with Crippen molar-refractivity contribution >= 4 is 21.8 Å². The van der Waals surface area contributed by atoms with Gasteiger partial charge in [-0.25, -0.2) is 13.2 Å². The zero-order valence-corrected chi connectivity index (χ0v) is 16.0. The first-order chi connectivity index (χ1) is 12.1. The summed E-state index contributed by atoms with van der Waals surface area (Å²) in [7, 11) is -2.25. The summed E-state index contributed by atoms with van der Waals surface area (Å²) in [6.45, 7) is 3.57. The fourth-order valence-corrected chi connectivity index (χ4v) is 3.61. The van der Waals surface area contributed by atoms with Crippen LogP contribution in [0.25, 0.3) is 0 Å². The number of nitrogens with zero attached hydrogens (tertiary/aromatic N) is 2.